The van der Waals surface area contributed by atoms with Crippen molar-refractivity contribution in [3.8, 4) is 0 Å². The van der Waals surface area contributed by atoms with Crippen LogP contribution in [-0.4, -0.2) is 41.2 Å². The fourth-order valence-electron chi connectivity index (χ4n) is 2.59. The van der Waals surface area contributed by atoms with Gasteiger partial charge in [0, 0.05) is 19.5 Å². The van der Waals surface area contributed by atoms with Gasteiger partial charge in [0.1, 0.15) is 5.88 Å². The Labute approximate surface area is 108 Å². The number of carbonyl (C=O) groups excluding carboxylic acids is 2. The van der Waals surface area contributed by atoms with Gasteiger partial charge in [0.05, 0.1) is 6.04 Å². The number of likely N-dealkylation sites (N-methyl/N-ethyl adjacent to an activating group) is 1. The Morgan fingerprint density at radius 3 is 2.53 bits per heavy atom. The van der Waals surface area contributed by atoms with Gasteiger partial charge < -0.3 is 10.2 Å². The van der Waals surface area contributed by atoms with Crippen molar-refractivity contribution in [1.82, 2.24) is 10.2 Å². The van der Waals surface area contributed by atoms with Crippen molar-refractivity contribution in [2.45, 2.75) is 51.6 Å². The molecule has 1 N–H and O–H groups in total. The van der Waals surface area contributed by atoms with Crippen LogP contribution in [-0.2, 0) is 9.59 Å². The van der Waals surface area contributed by atoms with Crippen LogP contribution in [0.15, 0.2) is 0 Å². The molecule has 5 heteroatoms. The summed E-state index contributed by atoms with van der Waals surface area (Å²) >= 11 is 5.50. The highest BCUT2D eigenvalue weighted by Crippen LogP contribution is 2.23. The van der Waals surface area contributed by atoms with Gasteiger partial charge in [-0.3, -0.25) is 9.59 Å². The first-order valence-electron chi connectivity index (χ1n) is 6.22. The standard InChI is InChI=1S/C12H21ClN2O2/c1-3-15(9(2)16)11-7-5-4-6-10(11)14-12(17)8-13/h10-11H,3-8H2,1-2H3,(H,14,17)/t10-,11-/m0/s1. The Balaban J connectivity index is 2.70. The Bertz CT molecular complexity index is 284. The smallest absolute Gasteiger partial charge is 0.235 e. The molecule has 0 aromatic carbocycles. The Hall–Kier alpha value is -0.770. The van der Waals surface area contributed by atoms with Crippen LogP contribution in [0.1, 0.15) is 39.5 Å². The molecule has 1 aliphatic rings. The van der Waals surface area contributed by atoms with E-state index in [0.717, 1.165) is 25.7 Å². The van der Waals surface area contributed by atoms with Crippen molar-refractivity contribution in [3.05, 3.63) is 0 Å². The van der Waals surface area contributed by atoms with E-state index in [2.05, 4.69) is 5.32 Å². The van der Waals surface area contributed by atoms with Gasteiger partial charge in [-0.05, 0) is 19.8 Å². The van der Waals surface area contributed by atoms with Crippen LogP contribution in [0.3, 0.4) is 0 Å². The lowest BCUT2D eigenvalue weighted by Crippen LogP contribution is -2.54. The van der Waals surface area contributed by atoms with Gasteiger partial charge in [0.15, 0.2) is 0 Å². The number of nitrogens with one attached hydrogen (secondary N) is 1. The molecule has 0 heterocycles. The first-order valence-corrected chi connectivity index (χ1v) is 6.76. The summed E-state index contributed by atoms with van der Waals surface area (Å²) in [6.45, 7) is 4.24. The lowest BCUT2D eigenvalue weighted by Gasteiger charge is -2.39. The van der Waals surface area contributed by atoms with Crippen LogP contribution in [0.25, 0.3) is 0 Å². The molecular formula is C12H21ClN2O2. The fourth-order valence-corrected chi connectivity index (χ4v) is 2.67. The number of hydrogen-bond donors (Lipinski definition) is 1. The van der Waals surface area contributed by atoms with Crippen LogP contribution >= 0.6 is 11.6 Å². The molecule has 0 radical (unpaired) electrons. The number of alkyl halides is 1. The van der Waals surface area contributed by atoms with E-state index in [-0.39, 0.29) is 29.8 Å². The van der Waals surface area contributed by atoms with Crippen LogP contribution in [0.2, 0.25) is 0 Å². The van der Waals surface area contributed by atoms with E-state index in [9.17, 15) is 9.59 Å². The third kappa shape index (κ3) is 3.87. The topological polar surface area (TPSA) is 49.4 Å². The quantitative estimate of drug-likeness (QED) is 0.780. The van der Waals surface area contributed by atoms with Gasteiger partial charge in [0.25, 0.3) is 0 Å². The normalized spacial score (nSPS) is 24.2. The minimum Gasteiger partial charge on any atom is -0.350 e. The zero-order chi connectivity index (χ0) is 12.8. The second-order valence-corrected chi connectivity index (χ2v) is 4.73. The van der Waals surface area contributed by atoms with E-state index in [0.29, 0.717) is 6.54 Å². The summed E-state index contributed by atoms with van der Waals surface area (Å²) in [5.41, 5.74) is 0. The van der Waals surface area contributed by atoms with Crippen molar-refractivity contribution in [1.29, 1.82) is 0 Å². The van der Waals surface area contributed by atoms with Crippen LogP contribution in [0.5, 0.6) is 0 Å². The van der Waals surface area contributed by atoms with Crippen molar-refractivity contribution < 1.29 is 9.59 Å². The summed E-state index contributed by atoms with van der Waals surface area (Å²) in [4.78, 5) is 24.8. The van der Waals surface area contributed by atoms with E-state index < -0.39 is 0 Å². The highest BCUT2D eigenvalue weighted by atomic mass is 35.5. The Kier molecular flexibility index (Phi) is 5.75. The lowest BCUT2D eigenvalue weighted by atomic mass is 9.89. The van der Waals surface area contributed by atoms with E-state index in [4.69, 9.17) is 11.6 Å². The molecule has 0 bridgehead atoms. The SMILES string of the molecule is CCN(C(C)=O)[C@H]1CCCC[C@@H]1NC(=O)CCl. The van der Waals surface area contributed by atoms with Crippen molar-refractivity contribution in [2.24, 2.45) is 0 Å². The van der Waals surface area contributed by atoms with E-state index in [1.807, 2.05) is 11.8 Å². The minimum absolute atomic E-state index is 0.0184. The van der Waals surface area contributed by atoms with E-state index in [1.165, 1.54) is 0 Å². The molecule has 98 valence electrons. The molecule has 1 rings (SSSR count). The fraction of sp³-hybridized carbons (Fsp3) is 0.833. The molecule has 0 aliphatic heterocycles. The first kappa shape index (κ1) is 14.3. The molecule has 2 atom stereocenters. The number of rotatable bonds is 4. The molecule has 1 fully saturated rings. The second kappa shape index (κ2) is 6.84. The maximum atomic E-state index is 11.6. The summed E-state index contributed by atoms with van der Waals surface area (Å²) in [6.07, 6.45) is 4.10. The number of nitrogens with zero attached hydrogens (tertiary/aromatic N) is 1. The molecular weight excluding hydrogens is 240 g/mol. The minimum atomic E-state index is -0.150. The summed E-state index contributed by atoms with van der Waals surface area (Å²) in [7, 11) is 0. The third-order valence-corrected chi connectivity index (χ3v) is 3.59. The predicted octanol–water partition coefficient (Wildman–Crippen LogP) is 1.52. The number of hydrogen-bond acceptors (Lipinski definition) is 2. The molecule has 0 aromatic heterocycles. The average molecular weight is 261 g/mol. The molecule has 1 saturated carbocycles. The molecule has 0 saturated heterocycles. The van der Waals surface area contributed by atoms with Gasteiger partial charge >= 0.3 is 0 Å². The van der Waals surface area contributed by atoms with Crippen LogP contribution in [0.4, 0.5) is 0 Å². The predicted molar refractivity (Wildman–Crippen MR) is 68.0 cm³/mol. The van der Waals surface area contributed by atoms with Crippen molar-refractivity contribution in [2.75, 3.05) is 12.4 Å². The third-order valence-electron chi connectivity index (χ3n) is 3.34. The van der Waals surface area contributed by atoms with Crippen molar-refractivity contribution >= 4 is 23.4 Å². The zero-order valence-electron chi connectivity index (χ0n) is 10.5. The molecule has 17 heavy (non-hydrogen) atoms. The van der Waals surface area contributed by atoms with Gasteiger partial charge in [-0.1, -0.05) is 12.8 Å². The largest absolute Gasteiger partial charge is 0.350 e. The molecule has 0 unspecified atom stereocenters. The van der Waals surface area contributed by atoms with E-state index >= 15 is 0 Å². The summed E-state index contributed by atoms with van der Waals surface area (Å²) in [6, 6.07) is 0.178. The van der Waals surface area contributed by atoms with Gasteiger partial charge in [-0.25, -0.2) is 0 Å². The lowest BCUT2D eigenvalue weighted by molar-refractivity contribution is -0.133. The van der Waals surface area contributed by atoms with E-state index in [1.54, 1.807) is 6.92 Å². The van der Waals surface area contributed by atoms with Gasteiger partial charge in [0.2, 0.25) is 11.8 Å². The van der Waals surface area contributed by atoms with Gasteiger partial charge in [-0.2, -0.15) is 0 Å². The monoisotopic (exact) mass is 260 g/mol. The summed E-state index contributed by atoms with van der Waals surface area (Å²) in [5.74, 6) is -0.0946. The summed E-state index contributed by atoms with van der Waals surface area (Å²) < 4.78 is 0. The number of halogens is 1. The molecule has 2 amide bonds. The Morgan fingerprint density at radius 2 is 2.00 bits per heavy atom. The Morgan fingerprint density at radius 1 is 1.35 bits per heavy atom. The van der Waals surface area contributed by atoms with Crippen molar-refractivity contribution in [3.63, 3.8) is 0 Å². The highest BCUT2D eigenvalue weighted by molar-refractivity contribution is 6.27. The maximum Gasteiger partial charge on any atom is 0.235 e. The van der Waals surface area contributed by atoms with Crippen LogP contribution < -0.4 is 5.32 Å². The number of amides is 2. The highest BCUT2D eigenvalue weighted by Gasteiger charge is 2.31. The molecule has 1 aliphatic carbocycles. The number of carbonyl (C=O) groups is 2. The van der Waals surface area contributed by atoms with Crippen LogP contribution in [0, 0.1) is 0 Å². The molecule has 0 aromatic rings. The average Bonchev–Trinajstić information content (AvgIpc) is 2.31. The van der Waals surface area contributed by atoms with Gasteiger partial charge in [-0.15, -0.1) is 11.6 Å². The molecule has 0 spiro atoms. The second-order valence-electron chi connectivity index (χ2n) is 4.46. The first-order chi connectivity index (χ1) is 8.10. The molecule has 4 nitrogen and oxygen atoms in total. The maximum absolute atomic E-state index is 11.6. The zero-order valence-corrected chi connectivity index (χ0v) is 11.3. The summed E-state index contributed by atoms with van der Waals surface area (Å²) in [5, 5.41) is 2.92.